The summed E-state index contributed by atoms with van der Waals surface area (Å²) in [4.78, 5) is 25.0. The molecular formula is C25H22FN5O2. The average molecular weight is 443 g/mol. The van der Waals surface area contributed by atoms with E-state index in [1.165, 1.54) is 12.1 Å². The Kier molecular flexibility index (Phi) is 6.17. The summed E-state index contributed by atoms with van der Waals surface area (Å²) in [7, 11) is 0. The Morgan fingerprint density at radius 2 is 1.30 bits per heavy atom. The van der Waals surface area contributed by atoms with E-state index in [1.54, 1.807) is 67.1 Å². The van der Waals surface area contributed by atoms with Crippen molar-refractivity contribution >= 4 is 29.0 Å². The van der Waals surface area contributed by atoms with Crippen LogP contribution in [0.15, 0.2) is 78.9 Å². The van der Waals surface area contributed by atoms with E-state index in [2.05, 4.69) is 21.0 Å². The normalized spacial score (nSPS) is 10.5. The second-order valence-corrected chi connectivity index (χ2v) is 7.41. The number of nitrogens with one attached hydrogen (secondary N) is 3. The highest BCUT2D eigenvalue weighted by Crippen LogP contribution is 2.21. The molecule has 1 heterocycles. The number of para-hydroxylation sites is 1. The van der Waals surface area contributed by atoms with Crippen molar-refractivity contribution in [2.24, 2.45) is 0 Å². The standard InChI is InChI=1S/C25H22FN5O2/c1-16-23(17(2)31(30-16)22-14-8-18(26)9-15-22)24(32)27-20-10-12-21(13-11-20)29-25(33)28-19-6-4-3-5-7-19/h3-15H,1-2H3,(H,27,32)(H2,28,29,33). The number of amides is 3. The molecule has 0 saturated heterocycles. The molecule has 1 aromatic heterocycles. The van der Waals surface area contributed by atoms with E-state index in [-0.39, 0.29) is 17.8 Å². The monoisotopic (exact) mass is 443 g/mol. The van der Waals surface area contributed by atoms with Crippen LogP contribution in [-0.2, 0) is 0 Å². The number of benzene rings is 3. The van der Waals surface area contributed by atoms with Gasteiger partial charge in [-0.25, -0.2) is 13.9 Å². The fourth-order valence-corrected chi connectivity index (χ4v) is 3.45. The Morgan fingerprint density at radius 3 is 1.91 bits per heavy atom. The van der Waals surface area contributed by atoms with Crippen LogP contribution < -0.4 is 16.0 Å². The van der Waals surface area contributed by atoms with Crippen LogP contribution in [0.3, 0.4) is 0 Å². The highest BCUT2D eigenvalue weighted by molar-refractivity contribution is 6.06. The van der Waals surface area contributed by atoms with Gasteiger partial charge in [0, 0.05) is 17.1 Å². The van der Waals surface area contributed by atoms with E-state index in [9.17, 15) is 14.0 Å². The summed E-state index contributed by atoms with van der Waals surface area (Å²) in [5.41, 5.74) is 4.16. The molecule has 3 amide bonds. The molecule has 4 rings (SSSR count). The number of anilines is 3. The first-order valence-electron chi connectivity index (χ1n) is 10.3. The Hall–Kier alpha value is -4.46. The quantitative estimate of drug-likeness (QED) is 0.379. The number of carbonyl (C=O) groups excluding carboxylic acids is 2. The van der Waals surface area contributed by atoms with Crippen LogP contribution in [0.1, 0.15) is 21.7 Å². The molecule has 0 radical (unpaired) electrons. The minimum atomic E-state index is -0.363. The molecule has 4 aromatic rings. The molecule has 0 aliphatic carbocycles. The summed E-state index contributed by atoms with van der Waals surface area (Å²) < 4.78 is 14.8. The molecule has 7 nitrogen and oxygen atoms in total. The number of carbonyl (C=O) groups is 2. The molecule has 0 unspecified atom stereocenters. The molecule has 8 heteroatoms. The maximum absolute atomic E-state index is 13.2. The van der Waals surface area contributed by atoms with Gasteiger partial charge in [0.1, 0.15) is 5.82 Å². The molecule has 3 aromatic carbocycles. The number of aryl methyl sites for hydroxylation is 1. The number of urea groups is 1. The van der Waals surface area contributed by atoms with Gasteiger partial charge in [-0.3, -0.25) is 4.79 Å². The van der Waals surface area contributed by atoms with Gasteiger partial charge in [0.05, 0.1) is 22.6 Å². The Morgan fingerprint density at radius 1 is 0.758 bits per heavy atom. The zero-order chi connectivity index (χ0) is 23.4. The molecule has 0 saturated carbocycles. The number of aromatic nitrogens is 2. The second-order valence-electron chi connectivity index (χ2n) is 7.41. The van der Waals surface area contributed by atoms with Crippen molar-refractivity contribution in [1.82, 2.24) is 9.78 Å². The van der Waals surface area contributed by atoms with Gasteiger partial charge < -0.3 is 16.0 Å². The van der Waals surface area contributed by atoms with Crippen molar-refractivity contribution in [3.8, 4) is 5.69 Å². The zero-order valence-electron chi connectivity index (χ0n) is 18.1. The lowest BCUT2D eigenvalue weighted by Gasteiger charge is -2.10. The third-order valence-corrected chi connectivity index (χ3v) is 5.02. The summed E-state index contributed by atoms with van der Waals surface area (Å²) in [5.74, 6) is -0.644. The van der Waals surface area contributed by atoms with Crippen LogP contribution in [0, 0.1) is 19.7 Å². The molecule has 0 atom stereocenters. The van der Waals surface area contributed by atoms with Crippen LogP contribution in [0.2, 0.25) is 0 Å². The molecule has 0 aliphatic rings. The lowest BCUT2D eigenvalue weighted by Crippen LogP contribution is -2.19. The van der Waals surface area contributed by atoms with E-state index in [4.69, 9.17) is 0 Å². The maximum Gasteiger partial charge on any atom is 0.323 e. The third kappa shape index (κ3) is 5.07. The number of hydrogen-bond donors (Lipinski definition) is 3. The van der Waals surface area contributed by atoms with E-state index < -0.39 is 0 Å². The summed E-state index contributed by atoms with van der Waals surface area (Å²) in [5, 5.41) is 12.8. The predicted octanol–water partition coefficient (Wildman–Crippen LogP) is 5.52. The van der Waals surface area contributed by atoms with Crippen molar-refractivity contribution in [2.45, 2.75) is 13.8 Å². The van der Waals surface area contributed by atoms with Crippen LogP contribution in [0.25, 0.3) is 5.69 Å². The van der Waals surface area contributed by atoms with Crippen molar-refractivity contribution in [2.75, 3.05) is 16.0 Å². The molecule has 166 valence electrons. The fourth-order valence-electron chi connectivity index (χ4n) is 3.45. The van der Waals surface area contributed by atoms with Gasteiger partial charge in [-0.15, -0.1) is 0 Å². The summed E-state index contributed by atoms with van der Waals surface area (Å²) in [6.45, 7) is 3.54. The minimum Gasteiger partial charge on any atom is -0.322 e. The molecule has 0 spiro atoms. The highest BCUT2D eigenvalue weighted by Gasteiger charge is 2.19. The van der Waals surface area contributed by atoms with Crippen molar-refractivity contribution in [3.05, 3.63) is 102 Å². The first kappa shape index (κ1) is 21.8. The molecule has 0 fully saturated rings. The lowest BCUT2D eigenvalue weighted by atomic mass is 10.1. The predicted molar refractivity (Wildman–Crippen MR) is 126 cm³/mol. The fraction of sp³-hybridized carbons (Fsp3) is 0.0800. The van der Waals surface area contributed by atoms with Gasteiger partial charge in [0.25, 0.3) is 5.91 Å². The Labute approximate surface area is 190 Å². The van der Waals surface area contributed by atoms with Gasteiger partial charge in [0.2, 0.25) is 0 Å². The molecule has 0 aliphatic heterocycles. The van der Waals surface area contributed by atoms with Gasteiger partial charge >= 0.3 is 6.03 Å². The van der Waals surface area contributed by atoms with E-state index in [0.29, 0.717) is 39.7 Å². The van der Waals surface area contributed by atoms with Gasteiger partial charge in [-0.05, 0) is 74.5 Å². The summed E-state index contributed by atoms with van der Waals surface area (Å²) in [6.07, 6.45) is 0. The highest BCUT2D eigenvalue weighted by atomic mass is 19.1. The number of rotatable bonds is 5. The van der Waals surface area contributed by atoms with Gasteiger partial charge in [0.15, 0.2) is 0 Å². The Bertz CT molecular complexity index is 1280. The second kappa shape index (κ2) is 9.35. The topological polar surface area (TPSA) is 88.1 Å². The Balaban J connectivity index is 1.43. The first-order chi connectivity index (χ1) is 15.9. The third-order valence-electron chi connectivity index (χ3n) is 5.02. The largest absolute Gasteiger partial charge is 0.323 e. The minimum absolute atomic E-state index is 0.305. The van der Waals surface area contributed by atoms with Crippen LogP contribution in [0.4, 0.5) is 26.2 Å². The van der Waals surface area contributed by atoms with E-state index in [1.807, 2.05) is 18.2 Å². The lowest BCUT2D eigenvalue weighted by molar-refractivity contribution is 0.102. The number of nitrogens with zero attached hydrogens (tertiary/aromatic N) is 2. The zero-order valence-corrected chi connectivity index (χ0v) is 18.1. The van der Waals surface area contributed by atoms with Crippen LogP contribution >= 0.6 is 0 Å². The summed E-state index contributed by atoms with van der Waals surface area (Å²) >= 11 is 0. The number of halogens is 1. The van der Waals surface area contributed by atoms with Crippen LogP contribution in [0.5, 0.6) is 0 Å². The molecule has 3 N–H and O–H groups in total. The van der Waals surface area contributed by atoms with Crippen molar-refractivity contribution in [1.29, 1.82) is 0 Å². The summed E-state index contributed by atoms with van der Waals surface area (Å²) in [6, 6.07) is 21.5. The first-order valence-corrected chi connectivity index (χ1v) is 10.3. The molecular weight excluding hydrogens is 421 g/mol. The van der Waals surface area contributed by atoms with Crippen LogP contribution in [-0.4, -0.2) is 21.7 Å². The SMILES string of the molecule is Cc1nn(-c2ccc(F)cc2)c(C)c1C(=O)Nc1ccc(NC(=O)Nc2ccccc2)cc1. The number of hydrogen-bond acceptors (Lipinski definition) is 3. The van der Waals surface area contributed by atoms with Gasteiger partial charge in [-0.2, -0.15) is 5.10 Å². The molecule has 33 heavy (non-hydrogen) atoms. The van der Waals surface area contributed by atoms with E-state index in [0.717, 1.165) is 0 Å². The molecule has 0 bridgehead atoms. The maximum atomic E-state index is 13.2. The smallest absolute Gasteiger partial charge is 0.322 e. The van der Waals surface area contributed by atoms with Crippen molar-refractivity contribution in [3.63, 3.8) is 0 Å². The van der Waals surface area contributed by atoms with Gasteiger partial charge in [-0.1, -0.05) is 18.2 Å². The average Bonchev–Trinajstić information content (AvgIpc) is 3.10. The van der Waals surface area contributed by atoms with Crippen molar-refractivity contribution < 1.29 is 14.0 Å². The van der Waals surface area contributed by atoms with E-state index >= 15 is 0 Å².